The van der Waals surface area contributed by atoms with Crippen molar-refractivity contribution in [2.24, 2.45) is 0 Å². The third-order valence-corrected chi connectivity index (χ3v) is 2.73. The van der Waals surface area contributed by atoms with Gasteiger partial charge in [-0.1, -0.05) is 23.2 Å². The van der Waals surface area contributed by atoms with Crippen molar-refractivity contribution in [3.05, 3.63) is 51.9 Å². The van der Waals surface area contributed by atoms with E-state index in [4.69, 9.17) is 33.0 Å². The number of carboxylic acids is 1. The van der Waals surface area contributed by atoms with Gasteiger partial charge in [0.15, 0.2) is 5.69 Å². The molecule has 2 rings (SSSR count). The molecule has 2 aromatic rings. The van der Waals surface area contributed by atoms with Gasteiger partial charge in [0.25, 0.3) is 0 Å². The summed E-state index contributed by atoms with van der Waals surface area (Å²) in [6, 6.07) is 6.27. The highest BCUT2D eigenvalue weighted by molar-refractivity contribution is 6.33. The summed E-state index contributed by atoms with van der Waals surface area (Å²) in [5, 5.41) is 8.91. The summed E-state index contributed by atoms with van der Waals surface area (Å²) in [4.78, 5) is 14.6. The number of pyridine rings is 1. The van der Waals surface area contributed by atoms with Gasteiger partial charge in [-0.15, -0.1) is 0 Å². The van der Waals surface area contributed by atoms with E-state index in [1.54, 1.807) is 0 Å². The molecular formula is C12H6Cl2FNO3. The minimum atomic E-state index is -1.28. The van der Waals surface area contributed by atoms with Crippen molar-refractivity contribution < 1.29 is 19.0 Å². The van der Waals surface area contributed by atoms with E-state index >= 15 is 0 Å². The number of benzene rings is 1. The topological polar surface area (TPSA) is 59.4 Å². The average Bonchev–Trinajstić information content (AvgIpc) is 2.34. The lowest BCUT2D eigenvalue weighted by molar-refractivity contribution is 0.0690. The zero-order valence-electron chi connectivity index (χ0n) is 9.23. The molecule has 0 amide bonds. The van der Waals surface area contributed by atoms with E-state index in [0.717, 1.165) is 12.1 Å². The molecule has 0 saturated carbocycles. The zero-order chi connectivity index (χ0) is 14.0. The Bertz CT molecular complexity index is 649. The molecule has 0 atom stereocenters. The van der Waals surface area contributed by atoms with Gasteiger partial charge < -0.3 is 9.84 Å². The van der Waals surface area contributed by atoms with Gasteiger partial charge in [0.1, 0.15) is 11.6 Å². The highest BCUT2D eigenvalue weighted by Crippen LogP contribution is 2.29. The molecule has 0 aliphatic heterocycles. The van der Waals surface area contributed by atoms with Crippen molar-refractivity contribution in [1.82, 2.24) is 4.98 Å². The van der Waals surface area contributed by atoms with Crippen molar-refractivity contribution in [1.29, 1.82) is 0 Å². The standard InChI is InChI=1S/C12H6Cl2FNO3/c13-7-2-4-10(16-11(7)12(17)18)19-9-3-1-6(15)5-8(9)14/h1-5H,(H,17,18). The number of carbonyl (C=O) groups is 1. The Labute approximate surface area is 117 Å². The minimum absolute atomic E-state index is 0.00434. The van der Waals surface area contributed by atoms with E-state index in [1.807, 2.05) is 0 Å². The maximum Gasteiger partial charge on any atom is 0.356 e. The number of ether oxygens (including phenoxy) is 1. The molecule has 1 N–H and O–H groups in total. The van der Waals surface area contributed by atoms with Crippen molar-refractivity contribution in [3.8, 4) is 11.6 Å². The van der Waals surface area contributed by atoms with Crippen LogP contribution in [0.5, 0.6) is 11.6 Å². The van der Waals surface area contributed by atoms with Crippen LogP contribution in [0, 0.1) is 5.82 Å². The van der Waals surface area contributed by atoms with E-state index in [1.165, 1.54) is 18.2 Å². The van der Waals surface area contributed by atoms with Gasteiger partial charge in [0, 0.05) is 6.07 Å². The lowest BCUT2D eigenvalue weighted by Crippen LogP contribution is -2.02. The molecule has 19 heavy (non-hydrogen) atoms. The van der Waals surface area contributed by atoms with Crippen LogP contribution < -0.4 is 4.74 Å². The first-order chi connectivity index (χ1) is 8.97. The van der Waals surface area contributed by atoms with Crippen LogP contribution in [0.3, 0.4) is 0 Å². The highest BCUT2D eigenvalue weighted by Gasteiger charge is 2.13. The van der Waals surface area contributed by atoms with E-state index in [0.29, 0.717) is 0 Å². The van der Waals surface area contributed by atoms with Crippen LogP contribution in [0.1, 0.15) is 10.5 Å². The molecule has 0 aliphatic carbocycles. The van der Waals surface area contributed by atoms with E-state index in [9.17, 15) is 9.18 Å². The Morgan fingerprint density at radius 1 is 1.21 bits per heavy atom. The molecule has 1 aromatic heterocycles. The molecule has 7 heteroatoms. The summed E-state index contributed by atoms with van der Waals surface area (Å²) >= 11 is 11.4. The molecule has 0 aliphatic rings. The second-order valence-corrected chi connectivity index (χ2v) is 4.28. The highest BCUT2D eigenvalue weighted by atomic mass is 35.5. The third kappa shape index (κ3) is 3.13. The average molecular weight is 302 g/mol. The fraction of sp³-hybridized carbons (Fsp3) is 0. The fourth-order valence-electron chi connectivity index (χ4n) is 1.30. The van der Waals surface area contributed by atoms with Gasteiger partial charge in [-0.05, 0) is 24.3 Å². The van der Waals surface area contributed by atoms with Gasteiger partial charge in [-0.25, -0.2) is 14.2 Å². The van der Waals surface area contributed by atoms with Crippen molar-refractivity contribution in [2.75, 3.05) is 0 Å². The van der Waals surface area contributed by atoms with Crippen molar-refractivity contribution in [3.63, 3.8) is 0 Å². The number of rotatable bonds is 3. The Kier molecular flexibility index (Phi) is 3.87. The maximum absolute atomic E-state index is 12.9. The summed E-state index contributed by atoms with van der Waals surface area (Å²) in [5.41, 5.74) is -0.336. The number of aromatic nitrogens is 1. The lowest BCUT2D eigenvalue weighted by atomic mass is 10.3. The van der Waals surface area contributed by atoms with Crippen LogP contribution in [-0.2, 0) is 0 Å². The van der Waals surface area contributed by atoms with Gasteiger partial charge in [0.2, 0.25) is 5.88 Å². The van der Waals surface area contributed by atoms with Crippen molar-refractivity contribution >= 4 is 29.2 Å². The summed E-state index contributed by atoms with van der Waals surface area (Å²) in [6.45, 7) is 0. The molecule has 0 radical (unpaired) electrons. The minimum Gasteiger partial charge on any atom is -0.476 e. The monoisotopic (exact) mass is 301 g/mol. The third-order valence-electron chi connectivity index (χ3n) is 2.13. The number of aromatic carboxylic acids is 1. The fourth-order valence-corrected chi connectivity index (χ4v) is 1.69. The summed E-state index contributed by atoms with van der Waals surface area (Å²) in [7, 11) is 0. The number of hydrogen-bond acceptors (Lipinski definition) is 3. The number of hydrogen-bond donors (Lipinski definition) is 1. The van der Waals surface area contributed by atoms with Gasteiger partial charge in [-0.2, -0.15) is 0 Å². The first-order valence-electron chi connectivity index (χ1n) is 5.00. The molecule has 98 valence electrons. The second-order valence-electron chi connectivity index (χ2n) is 3.46. The molecular weight excluding hydrogens is 296 g/mol. The first-order valence-corrected chi connectivity index (χ1v) is 5.75. The zero-order valence-corrected chi connectivity index (χ0v) is 10.7. The van der Waals surface area contributed by atoms with Gasteiger partial charge >= 0.3 is 5.97 Å². The molecule has 1 aromatic carbocycles. The van der Waals surface area contributed by atoms with Crippen molar-refractivity contribution in [2.45, 2.75) is 0 Å². The van der Waals surface area contributed by atoms with Crippen LogP contribution in [0.4, 0.5) is 4.39 Å². The Hall–Kier alpha value is -1.85. The van der Waals surface area contributed by atoms with Crippen LogP contribution in [0.2, 0.25) is 10.0 Å². The molecule has 0 bridgehead atoms. The van der Waals surface area contributed by atoms with Crippen LogP contribution in [0.15, 0.2) is 30.3 Å². The predicted octanol–water partition coefficient (Wildman–Crippen LogP) is 4.02. The molecule has 0 saturated heterocycles. The van der Waals surface area contributed by atoms with Gasteiger partial charge in [-0.3, -0.25) is 0 Å². The molecule has 0 unspecified atom stereocenters. The molecule has 1 heterocycles. The first kappa shape index (κ1) is 13.6. The lowest BCUT2D eigenvalue weighted by Gasteiger charge is -2.07. The SMILES string of the molecule is O=C(O)c1nc(Oc2ccc(F)cc2Cl)ccc1Cl. The largest absolute Gasteiger partial charge is 0.476 e. The van der Waals surface area contributed by atoms with E-state index in [-0.39, 0.29) is 27.4 Å². The van der Waals surface area contributed by atoms with Gasteiger partial charge in [0.05, 0.1) is 10.0 Å². The number of carboxylic acid groups (broad SMARTS) is 1. The molecule has 0 spiro atoms. The quantitative estimate of drug-likeness (QED) is 0.930. The normalized spacial score (nSPS) is 10.3. The Morgan fingerprint density at radius 2 is 1.95 bits per heavy atom. The molecule has 0 fully saturated rings. The second kappa shape index (κ2) is 5.42. The Morgan fingerprint density at radius 3 is 2.58 bits per heavy atom. The maximum atomic E-state index is 12.9. The predicted molar refractivity (Wildman–Crippen MR) is 67.7 cm³/mol. The number of halogens is 3. The summed E-state index contributed by atoms with van der Waals surface area (Å²) in [5.74, 6) is -1.63. The smallest absolute Gasteiger partial charge is 0.356 e. The van der Waals surface area contributed by atoms with Crippen LogP contribution >= 0.6 is 23.2 Å². The summed E-state index contributed by atoms with van der Waals surface area (Å²) in [6.07, 6.45) is 0. The van der Waals surface area contributed by atoms with Crippen LogP contribution in [-0.4, -0.2) is 16.1 Å². The summed E-state index contributed by atoms with van der Waals surface area (Å²) < 4.78 is 18.1. The van der Waals surface area contributed by atoms with E-state index in [2.05, 4.69) is 4.98 Å². The molecule has 4 nitrogen and oxygen atoms in total. The Balaban J connectivity index is 2.33. The van der Waals surface area contributed by atoms with E-state index < -0.39 is 11.8 Å². The van der Waals surface area contributed by atoms with Crippen LogP contribution in [0.25, 0.3) is 0 Å². The number of nitrogens with zero attached hydrogens (tertiary/aromatic N) is 1.